The Labute approximate surface area is 221 Å². The molecule has 0 unspecified atom stereocenters. The molecule has 7 rings (SSSR count). The van der Waals surface area contributed by atoms with Gasteiger partial charge in [0.15, 0.2) is 17.4 Å². The molecule has 0 bridgehead atoms. The number of hydrogen-bond acceptors (Lipinski definition) is 6. The summed E-state index contributed by atoms with van der Waals surface area (Å²) in [4.78, 5) is 19.1. The second-order valence-corrected chi connectivity index (χ2v) is 9.35. The largest absolute Gasteiger partial charge is 0.488 e. The van der Waals surface area contributed by atoms with Gasteiger partial charge in [0.2, 0.25) is 0 Å². The monoisotopic (exact) mass is 520 g/mol. The molecule has 0 amide bonds. The van der Waals surface area contributed by atoms with Gasteiger partial charge in [0.1, 0.15) is 18.2 Å². The van der Waals surface area contributed by atoms with Crippen LogP contribution in [0, 0.1) is 5.82 Å². The summed E-state index contributed by atoms with van der Waals surface area (Å²) in [5.41, 5.74) is 6.85. The van der Waals surface area contributed by atoms with Crippen molar-refractivity contribution in [1.29, 1.82) is 0 Å². The topological polar surface area (TPSA) is 99.1 Å². The molecule has 0 spiro atoms. The van der Waals surface area contributed by atoms with Gasteiger partial charge in [-0.2, -0.15) is 0 Å². The first-order chi connectivity index (χ1) is 19.0. The van der Waals surface area contributed by atoms with Crippen molar-refractivity contribution in [3.05, 3.63) is 124 Å². The van der Waals surface area contributed by atoms with Gasteiger partial charge >= 0.3 is 5.76 Å². The van der Waals surface area contributed by atoms with Crippen molar-refractivity contribution in [3.8, 4) is 17.3 Å². The fourth-order valence-electron chi connectivity index (χ4n) is 5.16. The Morgan fingerprint density at radius 1 is 1.05 bits per heavy atom. The van der Waals surface area contributed by atoms with Gasteiger partial charge in [-0.05, 0) is 71.7 Å². The maximum absolute atomic E-state index is 14.2. The van der Waals surface area contributed by atoms with Gasteiger partial charge in [-0.3, -0.25) is 9.51 Å². The molecule has 0 saturated heterocycles. The molecule has 0 atom stereocenters. The molecule has 1 aliphatic rings. The quantitative estimate of drug-likeness (QED) is 0.305. The first-order valence-corrected chi connectivity index (χ1v) is 12.4. The van der Waals surface area contributed by atoms with Crippen LogP contribution in [0.15, 0.2) is 92.8 Å². The highest BCUT2D eigenvalue weighted by Gasteiger charge is 2.24. The van der Waals surface area contributed by atoms with Crippen LogP contribution < -0.4 is 10.5 Å². The Hall–Kier alpha value is -5.18. The predicted molar refractivity (Wildman–Crippen MR) is 142 cm³/mol. The summed E-state index contributed by atoms with van der Waals surface area (Å²) in [6.45, 7) is 2.62. The van der Waals surface area contributed by atoms with Crippen LogP contribution in [0.1, 0.15) is 35.0 Å². The molecule has 0 radical (unpaired) electrons. The van der Waals surface area contributed by atoms with Crippen LogP contribution in [0.5, 0.6) is 5.75 Å². The molecule has 4 heterocycles. The number of H-pyrrole nitrogens is 1. The molecule has 0 saturated carbocycles. The van der Waals surface area contributed by atoms with Crippen LogP contribution in [0.3, 0.4) is 0 Å². The predicted octanol–water partition coefficient (Wildman–Crippen LogP) is 6.03. The van der Waals surface area contributed by atoms with Crippen molar-refractivity contribution in [2.45, 2.75) is 20.1 Å². The number of aromatic nitrogens is 4. The Morgan fingerprint density at radius 2 is 1.92 bits per heavy atom. The lowest BCUT2D eigenvalue weighted by atomic mass is 9.89. The molecule has 9 heteroatoms. The Kier molecular flexibility index (Phi) is 5.29. The summed E-state index contributed by atoms with van der Waals surface area (Å²) in [5.74, 6) is 1.09. The van der Waals surface area contributed by atoms with Crippen LogP contribution in [-0.2, 0) is 13.2 Å². The summed E-state index contributed by atoms with van der Waals surface area (Å²) in [5, 5.41) is 3.88. The van der Waals surface area contributed by atoms with Crippen molar-refractivity contribution in [2.75, 3.05) is 0 Å². The lowest BCUT2D eigenvalue weighted by Gasteiger charge is -2.15. The number of fused-ring (bicyclic) bond motifs is 3. The molecule has 6 aromatic rings. The van der Waals surface area contributed by atoms with E-state index >= 15 is 0 Å². The lowest BCUT2D eigenvalue weighted by Crippen LogP contribution is -2.04. The number of rotatable bonds is 4. The van der Waals surface area contributed by atoms with Gasteiger partial charge in [0.05, 0.1) is 17.3 Å². The number of furan rings is 1. The van der Waals surface area contributed by atoms with Crippen LogP contribution >= 0.6 is 0 Å². The zero-order valence-electron chi connectivity index (χ0n) is 20.8. The molecule has 39 heavy (non-hydrogen) atoms. The molecular weight excluding hydrogens is 499 g/mol. The van der Waals surface area contributed by atoms with E-state index in [2.05, 4.69) is 20.8 Å². The summed E-state index contributed by atoms with van der Waals surface area (Å²) in [6, 6.07) is 22.3. The average Bonchev–Trinajstić information content (AvgIpc) is 3.68. The van der Waals surface area contributed by atoms with E-state index in [0.717, 1.165) is 39.1 Å². The minimum absolute atomic E-state index is 0.238. The summed E-state index contributed by atoms with van der Waals surface area (Å²) < 4.78 is 32.8. The first-order valence-electron chi connectivity index (χ1n) is 12.4. The SMILES string of the molecule is C/C(=C1/c2ccc(Cn3c(-c4ccco4)nc4ccccc43)cc2COc2cc(F)ccc21)c1noc(=O)[nH]1. The van der Waals surface area contributed by atoms with Crippen LogP contribution in [0.25, 0.3) is 33.8 Å². The van der Waals surface area contributed by atoms with E-state index in [0.29, 0.717) is 35.0 Å². The molecule has 1 aliphatic heterocycles. The third-order valence-corrected chi connectivity index (χ3v) is 6.94. The van der Waals surface area contributed by atoms with E-state index in [1.807, 2.05) is 55.5 Å². The third kappa shape index (κ3) is 3.95. The molecule has 3 aromatic carbocycles. The van der Waals surface area contributed by atoms with Crippen LogP contribution in [-0.4, -0.2) is 19.7 Å². The Bertz CT molecular complexity index is 1950. The molecule has 8 nitrogen and oxygen atoms in total. The van der Waals surface area contributed by atoms with Crippen molar-refractivity contribution in [3.63, 3.8) is 0 Å². The van der Waals surface area contributed by atoms with Gasteiger partial charge in [-0.25, -0.2) is 14.2 Å². The van der Waals surface area contributed by atoms with Crippen LogP contribution in [0.4, 0.5) is 4.39 Å². The third-order valence-electron chi connectivity index (χ3n) is 6.94. The van der Waals surface area contributed by atoms with Gasteiger partial charge in [0, 0.05) is 23.7 Å². The molecular formula is C30H21FN4O4. The molecule has 0 aliphatic carbocycles. The fourth-order valence-corrected chi connectivity index (χ4v) is 5.16. The smallest absolute Gasteiger partial charge is 0.439 e. The maximum atomic E-state index is 14.2. The number of benzene rings is 3. The van der Waals surface area contributed by atoms with E-state index in [1.54, 1.807) is 12.3 Å². The molecule has 192 valence electrons. The zero-order valence-corrected chi connectivity index (χ0v) is 20.8. The van der Waals surface area contributed by atoms with E-state index in [-0.39, 0.29) is 6.61 Å². The van der Waals surface area contributed by atoms with Crippen molar-refractivity contribution >= 4 is 22.2 Å². The summed E-state index contributed by atoms with van der Waals surface area (Å²) >= 11 is 0. The Morgan fingerprint density at radius 3 is 2.74 bits per heavy atom. The number of hydrogen-bond donors (Lipinski definition) is 1. The number of halogens is 1. The zero-order chi connectivity index (χ0) is 26.5. The first kappa shape index (κ1) is 23.0. The van der Waals surface area contributed by atoms with Gasteiger partial charge < -0.3 is 13.7 Å². The Balaban J connectivity index is 1.37. The fraction of sp³-hybridized carbons (Fsp3) is 0.100. The maximum Gasteiger partial charge on any atom is 0.439 e. The number of imidazole rings is 1. The van der Waals surface area contributed by atoms with E-state index < -0.39 is 11.6 Å². The second-order valence-electron chi connectivity index (χ2n) is 9.35. The number of para-hydroxylation sites is 2. The van der Waals surface area contributed by atoms with Gasteiger partial charge in [0.25, 0.3) is 0 Å². The highest BCUT2D eigenvalue weighted by Crippen LogP contribution is 2.41. The van der Waals surface area contributed by atoms with E-state index in [1.165, 1.54) is 12.1 Å². The summed E-state index contributed by atoms with van der Waals surface area (Å²) in [7, 11) is 0. The molecule has 0 fully saturated rings. The standard InChI is InChI=1S/C30H21FN4O4/c1-17(28-33-30(36)39-34-28)27-21-10-8-18(13-19(21)16-38-26-14-20(31)9-11-22(26)27)15-35-24-6-3-2-5-23(24)32-29(35)25-7-4-12-37-25/h2-14H,15-16H2,1H3,(H,33,34,36)/b27-17+. The van der Waals surface area contributed by atoms with Crippen molar-refractivity contribution < 1.29 is 18.1 Å². The second kappa shape index (κ2) is 8.98. The molecule has 3 aromatic heterocycles. The van der Waals surface area contributed by atoms with Crippen molar-refractivity contribution in [2.24, 2.45) is 0 Å². The average molecular weight is 521 g/mol. The number of nitrogens with one attached hydrogen (secondary N) is 1. The minimum atomic E-state index is -0.648. The minimum Gasteiger partial charge on any atom is -0.488 e. The highest BCUT2D eigenvalue weighted by molar-refractivity contribution is 5.99. The van der Waals surface area contributed by atoms with Crippen LogP contribution in [0.2, 0.25) is 0 Å². The normalized spacial score (nSPS) is 14.0. The lowest BCUT2D eigenvalue weighted by molar-refractivity contribution is 0.305. The van der Waals surface area contributed by atoms with Crippen molar-refractivity contribution in [1.82, 2.24) is 19.7 Å². The van der Waals surface area contributed by atoms with Gasteiger partial charge in [-0.1, -0.05) is 29.4 Å². The van der Waals surface area contributed by atoms with E-state index in [9.17, 15) is 9.18 Å². The number of aromatic amines is 1. The number of allylic oxidation sites excluding steroid dienone is 1. The molecule has 1 N–H and O–H groups in total. The number of ether oxygens (including phenoxy) is 1. The highest BCUT2D eigenvalue weighted by atomic mass is 19.1. The van der Waals surface area contributed by atoms with E-state index in [4.69, 9.17) is 18.7 Å². The summed E-state index contributed by atoms with van der Waals surface area (Å²) in [6.07, 6.45) is 1.64. The van der Waals surface area contributed by atoms with Gasteiger partial charge in [-0.15, -0.1) is 0 Å². The number of nitrogens with zero attached hydrogens (tertiary/aromatic N) is 3.